The minimum Gasteiger partial charge on any atom is -0.341 e. The second-order valence-corrected chi connectivity index (χ2v) is 8.70. The number of benzene rings is 2. The van der Waals surface area contributed by atoms with Crippen LogP contribution in [0.25, 0.3) is 0 Å². The van der Waals surface area contributed by atoms with Crippen LogP contribution in [0.15, 0.2) is 54.6 Å². The molecule has 2 aromatic carbocycles. The minimum absolute atomic E-state index is 0.0978. The van der Waals surface area contributed by atoms with Crippen molar-refractivity contribution in [2.24, 2.45) is 5.92 Å². The highest BCUT2D eigenvalue weighted by Gasteiger charge is 2.49. The molecule has 7 nitrogen and oxygen atoms in total. The number of amides is 4. The zero-order valence-electron chi connectivity index (χ0n) is 18.3. The van der Waals surface area contributed by atoms with E-state index in [9.17, 15) is 19.2 Å². The number of ketones is 1. The number of carbonyl (C=O) groups excluding carboxylic acids is 4. The third-order valence-corrected chi connectivity index (χ3v) is 6.47. The number of aryl methyl sites for hydroxylation is 1. The van der Waals surface area contributed by atoms with E-state index < -0.39 is 17.5 Å². The van der Waals surface area contributed by atoms with Gasteiger partial charge < -0.3 is 10.2 Å². The predicted molar refractivity (Wildman–Crippen MR) is 119 cm³/mol. The molecule has 0 spiro atoms. The number of rotatable bonds is 5. The first kappa shape index (κ1) is 21.7. The summed E-state index contributed by atoms with van der Waals surface area (Å²) in [6.07, 6.45) is 1.14. The van der Waals surface area contributed by atoms with E-state index in [0.29, 0.717) is 37.1 Å². The van der Waals surface area contributed by atoms with Gasteiger partial charge in [0, 0.05) is 24.6 Å². The molecule has 0 bridgehead atoms. The van der Waals surface area contributed by atoms with Crippen LogP contribution in [0.5, 0.6) is 0 Å². The highest BCUT2D eigenvalue weighted by molar-refractivity contribution is 6.09. The van der Waals surface area contributed by atoms with E-state index in [1.807, 2.05) is 61.5 Å². The van der Waals surface area contributed by atoms with Gasteiger partial charge in [0.05, 0.1) is 0 Å². The number of Topliss-reactive ketones (excluding diaryl/α,β-unsaturated/α-hetero) is 1. The molecule has 2 aliphatic heterocycles. The fourth-order valence-electron chi connectivity index (χ4n) is 4.39. The van der Waals surface area contributed by atoms with E-state index in [-0.39, 0.29) is 24.2 Å². The number of carbonyl (C=O) groups is 4. The molecule has 166 valence electrons. The number of piperidine rings is 1. The van der Waals surface area contributed by atoms with Gasteiger partial charge in [0.1, 0.15) is 12.1 Å². The maximum absolute atomic E-state index is 13.1. The normalized spacial score (nSPS) is 21.6. The van der Waals surface area contributed by atoms with Gasteiger partial charge in [-0.3, -0.25) is 19.3 Å². The van der Waals surface area contributed by atoms with Crippen molar-refractivity contribution < 1.29 is 19.2 Å². The van der Waals surface area contributed by atoms with Crippen LogP contribution in [0.3, 0.4) is 0 Å². The van der Waals surface area contributed by atoms with Crippen LogP contribution in [0, 0.1) is 12.8 Å². The lowest BCUT2D eigenvalue weighted by Gasteiger charge is -2.32. The van der Waals surface area contributed by atoms with Crippen molar-refractivity contribution in [3.05, 3.63) is 71.3 Å². The lowest BCUT2D eigenvalue weighted by atomic mass is 9.89. The summed E-state index contributed by atoms with van der Waals surface area (Å²) >= 11 is 0. The van der Waals surface area contributed by atoms with E-state index >= 15 is 0 Å². The van der Waals surface area contributed by atoms with Gasteiger partial charge in [-0.05, 0) is 32.3 Å². The number of imide groups is 1. The molecule has 2 aliphatic rings. The number of hydrogen-bond acceptors (Lipinski definition) is 4. The molecule has 1 N–H and O–H groups in total. The van der Waals surface area contributed by atoms with Crippen molar-refractivity contribution in [2.45, 2.75) is 32.2 Å². The Morgan fingerprint density at radius 3 is 2.25 bits per heavy atom. The van der Waals surface area contributed by atoms with Crippen molar-refractivity contribution in [3.8, 4) is 0 Å². The van der Waals surface area contributed by atoms with E-state index in [0.717, 1.165) is 10.5 Å². The third kappa shape index (κ3) is 4.02. The summed E-state index contributed by atoms with van der Waals surface area (Å²) in [6, 6.07) is 16.0. The lowest BCUT2D eigenvalue weighted by molar-refractivity contribution is -0.139. The molecule has 0 aromatic heterocycles. The molecule has 2 saturated heterocycles. The van der Waals surface area contributed by atoms with E-state index in [1.54, 1.807) is 11.8 Å². The van der Waals surface area contributed by atoms with Crippen LogP contribution >= 0.6 is 0 Å². The van der Waals surface area contributed by atoms with Crippen molar-refractivity contribution in [1.82, 2.24) is 15.1 Å². The van der Waals surface area contributed by atoms with Gasteiger partial charge in [-0.15, -0.1) is 0 Å². The lowest BCUT2D eigenvalue weighted by Crippen LogP contribution is -2.47. The smallest absolute Gasteiger partial charge is 0.325 e. The summed E-state index contributed by atoms with van der Waals surface area (Å²) in [5.74, 6) is -0.746. The largest absolute Gasteiger partial charge is 0.341 e. The summed E-state index contributed by atoms with van der Waals surface area (Å²) in [4.78, 5) is 53.7. The van der Waals surface area contributed by atoms with Gasteiger partial charge in [0.15, 0.2) is 5.78 Å². The molecular formula is C25H27N3O4. The van der Waals surface area contributed by atoms with Crippen molar-refractivity contribution in [3.63, 3.8) is 0 Å². The van der Waals surface area contributed by atoms with E-state index in [4.69, 9.17) is 0 Å². The van der Waals surface area contributed by atoms with Crippen LogP contribution in [0.2, 0.25) is 0 Å². The van der Waals surface area contributed by atoms with Crippen LogP contribution in [-0.4, -0.2) is 53.1 Å². The van der Waals surface area contributed by atoms with Gasteiger partial charge in [-0.1, -0.05) is 60.2 Å². The van der Waals surface area contributed by atoms with Gasteiger partial charge in [-0.25, -0.2) is 4.79 Å². The summed E-state index contributed by atoms with van der Waals surface area (Å²) in [5, 5.41) is 2.74. The molecule has 2 heterocycles. The fourth-order valence-corrected chi connectivity index (χ4v) is 4.39. The maximum Gasteiger partial charge on any atom is 0.325 e. The maximum atomic E-state index is 13.1. The van der Waals surface area contributed by atoms with E-state index in [1.165, 1.54) is 0 Å². The van der Waals surface area contributed by atoms with Crippen molar-refractivity contribution in [1.29, 1.82) is 0 Å². The SMILES string of the molecule is Cc1ccc(C2(C)NC(=O)N(CC(=O)N3CCC(C(=O)c4ccccc4)CC3)C2=O)cc1. The molecule has 0 aliphatic carbocycles. The number of urea groups is 1. The minimum atomic E-state index is -1.19. The van der Waals surface area contributed by atoms with Gasteiger partial charge in [-0.2, -0.15) is 0 Å². The molecule has 2 fully saturated rings. The Hall–Kier alpha value is -3.48. The van der Waals surface area contributed by atoms with Gasteiger partial charge >= 0.3 is 6.03 Å². The highest BCUT2D eigenvalue weighted by Crippen LogP contribution is 2.29. The molecular weight excluding hydrogens is 406 g/mol. The molecule has 4 rings (SSSR count). The first-order valence-electron chi connectivity index (χ1n) is 10.9. The third-order valence-electron chi connectivity index (χ3n) is 6.47. The number of nitrogens with zero attached hydrogens (tertiary/aromatic N) is 2. The van der Waals surface area contributed by atoms with Crippen LogP contribution in [-0.2, 0) is 15.1 Å². The summed E-state index contributed by atoms with van der Waals surface area (Å²) in [6.45, 7) is 4.16. The van der Waals surface area contributed by atoms with Crippen molar-refractivity contribution >= 4 is 23.6 Å². The number of likely N-dealkylation sites (tertiary alicyclic amines) is 1. The predicted octanol–water partition coefficient (Wildman–Crippen LogP) is 2.88. The molecule has 1 unspecified atom stereocenters. The highest BCUT2D eigenvalue weighted by atomic mass is 16.2. The average molecular weight is 434 g/mol. The topological polar surface area (TPSA) is 86.8 Å². The summed E-state index contributed by atoms with van der Waals surface area (Å²) in [5.41, 5.74) is 1.22. The molecule has 0 saturated carbocycles. The average Bonchev–Trinajstić information content (AvgIpc) is 3.03. The molecule has 1 atom stereocenters. The van der Waals surface area contributed by atoms with Crippen LogP contribution < -0.4 is 5.32 Å². The second kappa shape index (κ2) is 8.57. The zero-order valence-corrected chi connectivity index (χ0v) is 18.3. The van der Waals surface area contributed by atoms with Crippen LogP contribution in [0.4, 0.5) is 4.79 Å². The second-order valence-electron chi connectivity index (χ2n) is 8.70. The standard InChI is InChI=1S/C25H27N3O4/c1-17-8-10-20(11-9-17)25(2)23(31)28(24(32)26-25)16-21(29)27-14-12-19(13-15-27)22(30)18-6-4-3-5-7-18/h3-11,19H,12-16H2,1-2H3,(H,26,32). The molecule has 32 heavy (non-hydrogen) atoms. The first-order valence-corrected chi connectivity index (χ1v) is 10.9. The fraction of sp³-hybridized carbons (Fsp3) is 0.360. The molecule has 4 amide bonds. The molecule has 0 radical (unpaired) electrons. The number of nitrogens with one attached hydrogen (secondary N) is 1. The van der Waals surface area contributed by atoms with Crippen molar-refractivity contribution in [2.75, 3.05) is 19.6 Å². The van der Waals surface area contributed by atoms with Crippen LogP contribution in [0.1, 0.15) is 41.3 Å². The Bertz CT molecular complexity index is 1040. The first-order chi connectivity index (χ1) is 15.3. The molecule has 7 heteroatoms. The summed E-state index contributed by atoms with van der Waals surface area (Å²) < 4.78 is 0. The van der Waals surface area contributed by atoms with Gasteiger partial charge in [0.2, 0.25) is 5.91 Å². The Labute approximate surface area is 187 Å². The Morgan fingerprint density at radius 1 is 1.00 bits per heavy atom. The number of hydrogen-bond donors (Lipinski definition) is 1. The summed E-state index contributed by atoms with van der Waals surface area (Å²) in [7, 11) is 0. The zero-order chi connectivity index (χ0) is 22.9. The Morgan fingerprint density at radius 2 is 1.62 bits per heavy atom. The monoisotopic (exact) mass is 433 g/mol. The van der Waals surface area contributed by atoms with Gasteiger partial charge in [0.25, 0.3) is 5.91 Å². The quantitative estimate of drug-likeness (QED) is 0.580. The molecule has 2 aromatic rings. The van der Waals surface area contributed by atoms with E-state index in [2.05, 4.69) is 5.32 Å². The Kier molecular flexibility index (Phi) is 5.82. The Balaban J connectivity index is 1.37.